The molecule has 4 rings (SSSR count). The van der Waals surface area contributed by atoms with Crippen molar-refractivity contribution >= 4 is 22.8 Å². The van der Waals surface area contributed by atoms with Crippen molar-refractivity contribution in [2.75, 3.05) is 37.6 Å². The fourth-order valence-corrected chi connectivity index (χ4v) is 3.34. The number of nitrogens with two attached hydrogens (primary N) is 1. The number of benzene rings is 1. The molecule has 3 N–H and O–H groups in total. The number of hydrogen-bond donors (Lipinski definition) is 2. The maximum atomic E-state index is 13.5. The van der Waals surface area contributed by atoms with Crippen molar-refractivity contribution in [3.8, 4) is 0 Å². The summed E-state index contributed by atoms with van der Waals surface area (Å²) in [5.74, 6) is 1.07. The van der Waals surface area contributed by atoms with E-state index in [1.165, 1.54) is 6.07 Å². The van der Waals surface area contributed by atoms with E-state index in [1.54, 1.807) is 24.5 Å². The number of nitrogens with one attached hydrogen (secondary N) is 1. The number of fused-ring (bicyclic) bond motifs is 1. The van der Waals surface area contributed by atoms with Crippen LogP contribution in [0.5, 0.6) is 0 Å². The minimum Gasteiger partial charge on any atom is -0.370 e. The molecule has 7 nitrogen and oxygen atoms in total. The molecule has 0 spiro atoms. The third-order valence-electron chi connectivity index (χ3n) is 4.82. The van der Waals surface area contributed by atoms with Crippen molar-refractivity contribution in [1.29, 1.82) is 0 Å². The lowest BCUT2D eigenvalue weighted by atomic mass is 10.1. The van der Waals surface area contributed by atoms with Crippen LogP contribution >= 0.6 is 0 Å². The molecule has 2 aromatic heterocycles. The Morgan fingerprint density at radius 2 is 1.96 bits per heavy atom. The summed E-state index contributed by atoms with van der Waals surface area (Å²) >= 11 is 0. The Morgan fingerprint density at radius 3 is 2.74 bits per heavy atom. The number of aromatic amines is 1. The highest BCUT2D eigenvalue weighted by atomic mass is 19.1. The Hall–Kier alpha value is -3.16. The standard InChI is InChI=1S/C19H22FN7/c20-15-2-3-17-16(12-15)14(13-25-17)4-7-22-18(21)26-8-10-27(11-9-26)19-23-5-1-6-24-19/h1-3,5-6,12-13,25H,4,7-11H2,(H2,21,22). The second kappa shape index (κ2) is 7.61. The van der Waals surface area contributed by atoms with Crippen molar-refractivity contribution in [2.45, 2.75) is 6.42 Å². The quantitative estimate of drug-likeness (QED) is 0.542. The SMILES string of the molecule is NC(=NCCc1c[nH]c2ccc(F)cc12)N1CCN(c2ncccn2)CC1. The molecule has 0 saturated carbocycles. The number of halogens is 1. The van der Waals surface area contributed by atoms with E-state index >= 15 is 0 Å². The number of piperazine rings is 1. The molecule has 3 aromatic rings. The van der Waals surface area contributed by atoms with Gasteiger partial charge in [0.05, 0.1) is 0 Å². The van der Waals surface area contributed by atoms with Crippen LogP contribution in [0.15, 0.2) is 47.8 Å². The summed E-state index contributed by atoms with van der Waals surface area (Å²) in [5, 5.41) is 0.903. The number of aliphatic imine (C=N–C) groups is 1. The lowest BCUT2D eigenvalue weighted by Crippen LogP contribution is -2.51. The van der Waals surface area contributed by atoms with Gasteiger partial charge < -0.3 is 20.5 Å². The summed E-state index contributed by atoms with van der Waals surface area (Å²) in [6, 6.07) is 6.58. The molecule has 0 atom stereocenters. The third-order valence-corrected chi connectivity index (χ3v) is 4.82. The minimum absolute atomic E-state index is 0.230. The van der Waals surface area contributed by atoms with E-state index in [-0.39, 0.29) is 5.82 Å². The highest BCUT2D eigenvalue weighted by molar-refractivity contribution is 5.83. The second-order valence-electron chi connectivity index (χ2n) is 6.52. The Kier molecular flexibility index (Phi) is 4.86. The number of H-pyrrole nitrogens is 1. The summed E-state index contributed by atoms with van der Waals surface area (Å²) < 4.78 is 13.5. The number of guanidine groups is 1. The summed E-state index contributed by atoms with van der Waals surface area (Å²) in [6.07, 6.45) is 6.12. The number of rotatable bonds is 4. The molecule has 0 amide bonds. The van der Waals surface area contributed by atoms with Gasteiger partial charge in [0.1, 0.15) is 5.82 Å². The van der Waals surface area contributed by atoms with Gasteiger partial charge in [-0.2, -0.15) is 0 Å². The predicted molar refractivity (Wildman–Crippen MR) is 104 cm³/mol. The lowest BCUT2D eigenvalue weighted by Gasteiger charge is -2.35. The molecule has 0 bridgehead atoms. The molecule has 1 saturated heterocycles. The fraction of sp³-hybridized carbons (Fsp3) is 0.316. The van der Waals surface area contributed by atoms with Crippen molar-refractivity contribution in [2.24, 2.45) is 10.7 Å². The maximum Gasteiger partial charge on any atom is 0.225 e. The number of nitrogens with zero attached hydrogens (tertiary/aromatic N) is 5. The lowest BCUT2D eigenvalue weighted by molar-refractivity contribution is 0.378. The first-order chi connectivity index (χ1) is 13.2. The largest absolute Gasteiger partial charge is 0.370 e. The Bertz CT molecular complexity index is 930. The van der Waals surface area contributed by atoms with E-state index < -0.39 is 0 Å². The van der Waals surface area contributed by atoms with E-state index in [4.69, 9.17) is 5.73 Å². The Labute approximate surface area is 156 Å². The van der Waals surface area contributed by atoms with Gasteiger partial charge in [0.15, 0.2) is 5.96 Å². The van der Waals surface area contributed by atoms with E-state index in [1.807, 2.05) is 12.3 Å². The minimum atomic E-state index is -0.230. The maximum absolute atomic E-state index is 13.5. The summed E-state index contributed by atoms with van der Waals surface area (Å²) in [5.41, 5.74) is 8.15. The van der Waals surface area contributed by atoms with Crippen LogP contribution in [0.25, 0.3) is 10.9 Å². The first kappa shape index (κ1) is 17.3. The van der Waals surface area contributed by atoms with Gasteiger partial charge in [0.25, 0.3) is 0 Å². The monoisotopic (exact) mass is 367 g/mol. The van der Waals surface area contributed by atoms with Gasteiger partial charge in [-0.05, 0) is 36.2 Å². The molecular weight excluding hydrogens is 345 g/mol. The molecule has 0 unspecified atom stereocenters. The topological polar surface area (TPSA) is 86.4 Å². The zero-order valence-electron chi connectivity index (χ0n) is 15.0. The Morgan fingerprint density at radius 1 is 1.19 bits per heavy atom. The predicted octanol–water partition coefficient (Wildman–Crippen LogP) is 1.78. The molecule has 3 heterocycles. The Balaban J connectivity index is 1.33. The van der Waals surface area contributed by atoms with E-state index in [0.29, 0.717) is 18.9 Å². The average molecular weight is 367 g/mol. The summed E-state index contributed by atoms with van der Waals surface area (Å²) in [4.78, 5) is 20.5. The van der Waals surface area contributed by atoms with Crippen molar-refractivity contribution in [3.05, 3.63) is 54.2 Å². The highest BCUT2D eigenvalue weighted by Crippen LogP contribution is 2.19. The highest BCUT2D eigenvalue weighted by Gasteiger charge is 2.19. The molecule has 1 aliphatic heterocycles. The molecule has 1 aromatic carbocycles. The van der Waals surface area contributed by atoms with Crippen molar-refractivity contribution in [1.82, 2.24) is 19.9 Å². The van der Waals surface area contributed by atoms with Gasteiger partial charge in [0, 0.05) is 62.2 Å². The summed E-state index contributed by atoms with van der Waals surface area (Å²) in [7, 11) is 0. The molecule has 140 valence electrons. The van der Waals surface area contributed by atoms with Gasteiger partial charge in [-0.15, -0.1) is 0 Å². The van der Waals surface area contributed by atoms with Gasteiger partial charge >= 0.3 is 0 Å². The van der Waals surface area contributed by atoms with Gasteiger partial charge in [-0.1, -0.05) is 0 Å². The number of hydrogen-bond acceptors (Lipinski definition) is 4. The van der Waals surface area contributed by atoms with E-state index in [9.17, 15) is 4.39 Å². The first-order valence-electron chi connectivity index (χ1n) is 9.03. The first-order valence-corrected chi connectivity index (χ1v) is 9.03. The normalized spacial score (nSPS) is 15.5. The third kappa shape index (κ3) is 3.84. The molecule has 0 radical (unpaired) electrons. The van der Waals surface area contributed by atoms with Gasteiger partial charge in [-0.3, -0.25) is 4.99 Å². The van der Waals surface area contributed by atoms with E-state index in [2.05, 4.69) is 29.7 Å². The zero-order valence-corrected chi connectivity index (χ0v) is 15.0. The van der Waals surface area contributed by atoms with Crippen LogP contribution < -0.4 is 10.6 Å². The molecule has 27 heavy (non-hydrogen) atoms. The van der Waals surface area contributed by atoms with Gasteiger partial charge in [-0.25, -0.2) is 14.4 Å². The molecule has 1 fully saturated rings. The van der Waals surface area contributed by atoms with Crippen molar-refractivity contribution in [3.63, 3.8) is 0 Å². The summed E-state index contributed by atoms with van der Waals surface area (Å²) in [6.45, 7) is 3.75. The number of aromatic nitrogens is 3. The van der Waals surface area contributed by atoms with Crippen LogP contribution in [0.3, 0.4) is 0 Å². The van der Waals surface area contributed by atoms with Crippen LogP contribution in [-0.4, -0.2) is 58.5 Å². The molecule has 0 aliphatic carbocycles. The van der Waals surface area contributed by atoms with Crippen LogP contribution in [0.2, 0.25) is 0 Å². The van der Waals surface area contributed by atoms with Crippen LogP contribution in [0, 0.1) is 5.82 Å². The molecule has 8 heteroatoms. The zero-order chi connectivity index (χ0) is 18.6. The van der Waals surface area contributed by atoms with Crippen LogP contribution in [0.4, 0.5) is 10.3 Å². The van der Waals surface area contributed by atoms with Crippen molar-refractivity contribution < 1.29 is 4.39 Å². The second-order valence-corrected chi connectivity index (χ2v) is 6.52. The van der Waals surface area contributed by atoms with Crippen LogP contribution in [0.1, 0.15) is 5.56 Å². The van der Waals surface area contributed by atoms with Crippen LogP contribution in [-0.2, 0) is 6.42 Å². The average Bonchev–Trinajstić information content (AvgIpc) is 3.11. The fourth-order valence-electron chi connectivity index (χ4n) is 3.34. The number of anilines is 1. The molecule has 1 aliphatic rings. The molecular formula is C19H22FN7. The van der Waals surface area contributed by atoms with Gasteiger partial charge in [0.2, 0.25) is 5.95 Å². The smallest absolute Gasteiger partial charge is 0.225 e. The van der Waals surface area contributed by atoms with E-state index in [0.717, 1.165) is 48.6 Å².